The molecule has 2 aromatic heterocycles. The van der Waals surface area contributed by atoms with Crippen LogP contribution >= 0.6 is 0 Å². The van der Waals surface area contributed by atoms with Crippen LogP contribution in [0.3, 0.4) is 0 Å². The minimum absolute atomic E-state index is 0.0608. The van der Waals surface area contributed by atoms with Crippen LogP contribution in [0.2, 0.25) is 0 Å². The molecule has 0 saturated carbocycles. The Morgan fingerprint density at radius 1 is 1.17 bits per heavy atom. The third-order valence-electron chi connectivity index (χ3n) is 5.07. The lowest BCUT2D eigenvalue weighted by Gasteiger charge is -2.22. The second-order valence-corrected chi connectivity index (χ2v) is 6.98. The fourth-order valence-corrected chi connectivity index (χ4v) is 3.53. The van der Waals surface area contributed by atoms with Crippen molar-refractivity contribution < 1.29 is 9.18 Å². The van der Waals surface area contributed by atoms with Gasteiger partial charge in [-0.05, 0) is 56.2 Å². The monoisotopic (exact) mass is 391 g/mol. The van der Waals surface area contributed by atoms with E-state index in [1.807, 2.05) is 43.1 Å². The number of aryl methyl sites for hydroxylation is 1. The van der Waals surface area contributed by atoms with E-state index in [0.29, 0.717) is 30.8 Å². The van der Waals surface area contributed by atoms with Crippen LogP contribution in [0.25, 0.3) is 16.6 Å². The van der Waals surface area contributed by atoms with Gasteiger partial charge in [-0.25, -0.2) is 4.39 Å². The fourth-order valence-electron chi connectivity index (χ4n) is 3.53. The van der Waals surface area contributed by atoms with Gasteiger partial charge in [0, 0.05) is 30.2 Å². The second kappa shape index (κ2) is 7.87. The molecule has 0 radical (unpaired) electrons. The highest BCUT2D eigenvalue weighted by Gasteiger charge is 2.20. The molecule has 0 aliphatic carbocycles. The number of H-pyrrole nitrogens is 1. The highest BCUT2D eigenvalue weighted by atomic mass is 19.1. The van der Waals surface area contributed by atoms with Crippen LogP contribution in [0, 0.1) is 12.7 Å². The molecule has 0 spiro atoms. The number of fused-ring (bicyclic) bond motifs is 1. The number of aromatic nitrogens is 4. The number of hydrogen-bond donors (Lipinski definition) is 1. The molecule has 7 heteroatoms. The molecular formula is C22H22FN5O. The normalized spacial score (nSPS) is 11.1. The highest BCUT2D eigenvalue weighted by Crippen LogP contribution is 2.21. The van der Waals surface area contributed by atoms with Gasteiger partial charge in [0.2, 0.25) is 0 Å². The van der Waals surface area contributed by atoms with Crippen molar-refractivity contribution in [3.63, 3.8) is 0 Å². The molecule has 0 aliphatic rings. The molecule has 0 atom stereocenters. The van der Waals surface area contributed by atoms with E-state index in [2.05, 4.69) is 15.2 Å². The maximum atomic E-state index is 13.4. The average Bonchev–Trinajstić information content (AvgIpc) is 3.38. The lowest BCUT2D eigenvalue weighted by molar-refractivity contribution is 0.0766. The quantitative estimate of drug-likeness (QED) is 0.542. The summed E-state index contributed by atoms with van der Waals surface area (Å²) in [5.41, 5.74) is 4.05. The van der Waals surface area contributed by atoms with Gasteiger partial charge < -0.3 is 9.88 Å². The number of nitrogens with one attached hydrogen (secondary N) is 1. The van der Waals surface area contributed by atoms with Crippen molar-refractivity contribution >= 4 is 16.8 Å². The third kappa shape index (κ3) is 3.76. The van der Waals surface area contributed by atoms with E-state index in [1.54, 1.807) is 18.5 Å². The summed E-state index contributed by atoms with van der Waals surface area (Å²) in [4.78, 5) is 19.7. The topological polar surface area (TPSA) is 66.8 Å². The molecule has 1 N–H and O–H groups in total. The zero-order chi connectivity index (χ0) is 20.4. The molecule has 148 valence electrons. The van der Waals surface area contributed by atoms with Crippen molar-refractivity contribution in [3.8, 4) is 5.69 Å². The van der Waals surface area contributed by atoms with Gasteiger partial charge in [-0.1, -0.05) is 11.6 Å². The second-order valence-electron chi connectivity index (χ2n) is 6.98. The van der Waals surface area contributed by atoms with E-state index in [0.717, 1.165) is 22.0 Å². The number of benzene rings is 2. The number of rotatable bonds is 6. The van der Waals surface area contributed by atoms with Gasteiger partial charge in [0.1, 0.15) is 5.82 Å². The molecule has 6 nitrogen and oxygen atoms in total. The Balaban J connectivity index is 1.58. The number of amides is 1. The Bertz CT molecular complexity index is 1150. The molecule has 0 fully saturated rings. The fraction of sp³-hybridized carbons (Fsp3) is 0.227. The maximum absolute atomic E-state index is 13.4. The lowest BCUT2D eigenvalue weighted by atomic mass is 10.1. The summed E-state index contributed by atoms with van der Waals surface area (Å²) in [5.74, 6) is -0.329. The summed E-state index contributed by atoms with van der Waals surface area (Å²) in [5, 5.41) is 9.32. The van der Waals surface area contributed by atoms with Crippen molar-refractivity contribution in [2.24, 2.45) is 0 Å². The Morgan fingerprint density at radius 3 is 2.72 bits per heavy atom. The van der Waals surface area contributed by atoms with Crippen LogP contribution in [0.5, 0.6) is 0 Å². The summed E-state index contributed by atoms with van der Waals surface area (Å²) >= 11 is 0. The molecule has 0 bridgehead atoms. The van der Waals surface area contributed by atoms with Gasteiger partial charge in [0.15, 0.2) is 0 Å². The van der Waals surface area contributed by atoms with E-state index < -0.39 is 0 Å². The van der Waals surface area contributed by atoms with Crippen LogP contribution in [0.4, 0.5) is 4.39 Å². The van der Waals surface area contributed by atoms with Crippen LogP contribution in [0.1, 0.15) is 28.4 Å². The minimum atomic E-state index is -0.268. The number of likely N-dealkylation sites (N-methyl/N-ethyl adjacent to an activating group) is 1. The zero-order valence-electron chi connectivity index (χ0n) is 16.4. The standard InChI is InChI=1S/C22H22FN5O/c1-3-27(11-8-16-14-24-20-13-17(23)5-6-18(16)20)22(29)19-12-15(2)4-7-21(19)28-25-9-10-26-28/h4-7,9-10,12-14,24H,3,8,11H2,1-2H3. The van der Waals surface area contributed by atoms with E-state index in [4.69, 9.17) is 0 Å². The first kappa shape index (κ1) is 18.9. The number of carbonyl (C=O) groups is 1. The van der Waals surface area contributed by atoms with E-state index in [9.17, 15) is 9.18 Å². The maximum Gasteiger partial charge on any atom is 0.256 e. The van der Waals surface area contributed by atoms with Gasteiger partial charge in [0.25, 0.3) is 5.91 Å². The number of carbonyl (C=O) groups excluding carboxylic acids is 1. The Hall–Kier alpha value is -3.48. The van der Waals surface area contributed by atoms with Crippen molar-refractivity contribution in [1.82, 2.24) is 24.9 Å². The van der Waals surface area contributed by atoms with Gasteiger partial charge in [0.05, 0.1) is 23.6 Å². The Labute approximate surface area is 168 Å². The molecule has 4 rings (SSSR count). The smallest absolute Gasteiger partial charge is 0.256 e. The molecule has 0 unspecified atom stereocenters. The molecule has 2 aromatic carbocycles. The Kier molecular flexibility index (Phi) is 5.12. The predicted octanol–water partition coefficient (Wildman–Crippen LogP) is 3.90. The summed E-state index contributed by atoms with van der Waals surface area (Å²) in [6, 6.07) is 10.4. The van der Waals surface area contributed by atoms with Crippen LogP contribution in [-0.2, 0) is 6.42 Å². The number of nitrogens with zero attached hydrogens (tertiary/aromatic N) is 4. The first-order chi connectivity index (χ1) is 14.1. The highest BCUT2D eigenvalue weighted by molar-refractivity contribution is 5.98. The number of hydrogen-bond acceptors (Lipinski definition) is 3. The van der Waals surface area contributed by atoms with Crippen molar-refractivity contribution in [2.45, 2.75) is 20.3 Å². The molecule has 2 heterocycles. The number of aromatic amines is 1. The molecule has 1 amide bonds. The minimum Gasteiger partial charge on any atom is -0.361 e. The van der Waals surface area contributed by atoms with Gasteiger partial charge in [-0.2, -0.15) is 15.0 Å². The number of halogens is 1. The van der Waals surface area contributed by atoms with E-state index in [-0.39, 0.29) is 11.7 Å². The SMILES string of the molecule is CCN(CCc1c[nH]c2cc(F)ccc12)C(=O)c1cc(C)ccc1-n1nccn1. The molecular weight excluding hydrogens is 369 g/mol. The molecule has 0 aliphatic heterocycles. The van der Waals surface area contributed by atoms with E-state index >= 15 is 0 Å². The van der Waals surface area contributed by atoms with Gasteiger partial charge in [-0.3, -0.25) is 4.79 Å². The largest absolute Gasteiger partial charge is 0.361 e. The first-order valence-corrected chi connectivity index (χ1v) is 9.59. The first-order valence-electron chi connectivity index (χ1n) is 9.59. The van der Waals surface area contributed by atoms with Crippen LogP contribution < -0.4 is 0 Å². The summed E-state index contributed by atoms with van der Waals surface area (Å²) < 4.78 is 13.4. The van der Waals surface area contributed by atoms with Crippen molar-refractivity contribution in [1.29, 1.82) is 0 Å². The van der Waals surface area contributed by atoms with Gasteiger partial charge in [-0.15, -0.1) is 0 Å². The van der Waals surface area contributed by atoms with Gasteiger partial charge >= 0.3 is 0 Å². The van der Waals surface area contributed by atoms with Crippen molar-refractivity contribution in [2.75, 3.05) is 13.1 Å². The van der Waals surface area contributed by atoms with Crippen LogP contribution in [0.15, 0.2) is 55.0 Å². The van der Waals surface area contributed by atoms with Crippen LogP contribution in [-0.4, -0.2) is 43.9 Å². The summed E-state index contributed by atoms with van der Waals surface area (Å²) in [6.07, 6.45) is 5.73. The van der Waals surface area contributed by atoms with Crippen molar-refractivity contribution in [3.05, 3.63) is 77.5 Å². The molecule has 0 saturated heterocycles. The summed E-state index contributed by atoms with van der Waals surface area (Å²) in [7, 11) is 0. The summed E-state index contributed by atoms with van der Waals surface area (Å²) in [6.45, 7) is 5.05. The molecule has 4 aromatic rings. The predicted molar refractivity (Wildman–Crippen MR) is 110 cm³/mol. The Morgan fingerprint density at radius 2 is 1.97 bits per heavy atom. The average molecular weight is 391 g/mol. The molecule has 29 heavy (non-hydrogen) atoms. The van der Waals surface area contributed by atoms with E-state index in [1.165, 1.54) is 16.9 Å². The third-order valence-corrected chi connectivity index (χ3v) is 5.07. The zero-order valence-corrected chi connectivity index (χ0v) is 16.4. The lowest BCUT2D eigenvalue weighted by Crippen LogP contribution is -2.33.